The van der Waals surface area contributed by atoms with Crippen LogP contribution in [-0.4, -0.2) is 11.5 Å². The summed E-state index contributed by atoms with van der Waals surface area (Å²) in [5.74, 6) is -0.845. The highest BCUT2D eigenvalue weighted by atomic mass is 79.9. The molecule has 1 atom stereocenters. The van der Waals surface area contributed by atoms with Gasteiger partial charge in [-0.05, 0) is 12.1 Å². The Labute approximate surface area is 81.3 Å². The lowest BCUT2D eigenvalue weighted by Gasteiger charge is -2.10. The van der Waals surface area contributed by atoms with E-state index in [-0.39, 0.29) is 0 Å². The van der Waals surface area contributed by atoms with Gasteiger partial charge in [-0.2, -0.15) is 0 Å². The van der Waals surface area contributed by atoms with Gasteiger partial charge in [-0.3, -0.25) is 0 Å². The maximum atomic E-state index is 12.9. The van der Waals surface area contributed by atoms with Crippen LogP contribution in [0.2, 0.25) is 0 Å². The SMILES string of the molecule is OC(c1ccc(Br)cc1F)C(F)F. The first-order valence-electron chi connectivity index (χ1n) is 3.43. The molecule has 1 N–H and O–H groups in total. The Morgan fingerprint density at radius 2 is 1.92 bits per heavy atom. The summed E-state index contributed by atoms with van der Waals surface area (Å²) in [4.78, 5) is 0. The van der Waals surface area contributed by atoms with E-state index in [1.54, 1.807) is 0 Å². The zero-order chi connectivity index (χ0) is 10.0. The van der Waals surface area contributed by atoms with Gasteiger partial charge in [0.2, 0.25) is 0 Å². The van der Waals surface area contributed by atoms with Crippen molar-refractivity contribution in [3.05, 3.63) is 34.1 Å². The van der Waals surface area contributed by atoms with Crippen molar-refractivity contribution in [1.29, 1.82) is 0 Å². The van der Waals surface area contributed by atoms with Gasteiger partial charge in [0, 0.05) is 10.0 Å². The maximum absolute atomic E-state index is 12.9. The summed E-state index contributed by atoms with van der Waals surface area (Å²) in [7, 11) is 0. The minimum absolute atomic E-state index is 0.391. The summed E-state index contributed by atoms with van der Waals surface area (Å²) in [5.41, 5.74) is -0.391. The largest absolute Gasteiger partial charge is 0.382 e. The molecule has 0 saturated carbocycles. The molecule has 0 aliphatic rings. The molecule has 72 valence electrons. The number of alkyl halides is 2. The molecule has 13 heavy (non-hydrogen) atoms. The highest BCUT2D eigenvalue weighted by Gasteiger charge is 2.22. The molecule has 1 nitrogen and oxygen atoms in total. The number of aliphatic hydroxyl groups is 1. The Bertz CT molecular complexity index is 303. The quantitative estimate of drug-likeness (QED) is 0.861. The molecular formula is C8H6BrF3O. The normalized spacial score (nSPS) is 13.4. The van der Waals surface area contributed by atoms with Gasteiger partial charge in [0.1, 0.15) is 11.9 Å². The summed E-state index contributed by atoms with van der Waals surface area (Å²) in [6.07, 6.45) is -5.04. The van der Waals surface area contributed by atoms with Gasteiger partial charge in [0.25, 0.3) is 6.43 Å². The average Bonchev–Trinajstić information content (AvgIpc) is 2.03. The smallest absolute Gasteiger partial charge is 0.268 e. The zero-order valence-corrected chi connectivity index (χ0v) is 7.93. The van der Waals surface area contributed by atoms with E-state index in [9.17, 15) is 13.2 Å². The fraction of sp³-hybridized carbons (Fsp3) is 0.250. The third kappa shape index (κ3) is 2.45. The van der Waals surface area contributed by atoms with E-state index >= 15 is 0 Å². The summed E-state index contributed by atoms with van der Waals surface area (Å²) < 4.78 is 37.3. The third-order valence-corrected chi connectivity index (χ3v) is 2.01. The zero-order valence-electron chi connectivity index (χ0n) is 6.35. The van der Waals surface area contributed by atoms with Crippen molar-refractivity contribution in [3.8, 4) is 0 Å². The highest BCUT2D eigenvalue weighted by molar-refractivity contribution is 9.10. The van der Waals surface area contributed by atoms with Crippen molar-refractivity contribution < 1.29 is 18.3 Å². The second kappa shape index (κ2) is 4.11. The summed E-state index contributed by atoms with van der Waals surface area (Å²) >= 11 is 2.97. The van der Waals surface area contributed by atoms with Gasteiger partial charge < -0.3 is 5.11 Å². The Balaban J connectivity index is 3.01. The third-order valence-electron chi connectivity index (χ3n) is 1.52. The lowest BCUT2D eigenvalue weighted by molar-refractivity contribution is -0.00772. The van der Waals surface area contributed by atoms with E-state index in [1.807, 2.05) is 0 Å². The predicted octanol–water partition coefficient (Wildman–Crippen LogP) is 2.89. The van der Waals surface area contributed by atoms with Gasteiger partial charge in [-0.25, -0.2) is 13.2 Å². The monoisotopic (exact) mass is 254 g/mol. The first-order chi connectivity index (χ1) is 6.02. The number of hydrogen-bond donors (Lipinski definition) is 1. The maximum Gasteiger partial charge on any atom is 0.268 e. The minimum Gasteiger partial charge on any atom is -0.382 e. The number of hydrogen-bond acceptors (Lipinski definition) is 1. The van der Waals surface area contributed by atoms with Gasteiger partial charge in [0.05, 0.1) is 0 Å². The van der Waals surface area contributed by atoms with E-state index in [0.29, 0.717) is 4.47 Å². The molecule has 1 rings (SSSR count). The van der Waals surface area contributed by atoms with Crippen molar-refractivity contribution in [2.75, 3.05) is 0 Å². The summed E-state index contributed by atoms with van der Waals surface area (Å²) in [5, 5.41) is 8.86. The molecule has 5 heteroatoms. The predicted molar refractivity (Wildman–Crippen MR) is 45.1 cm³/mol. The van der Waals surface area contributed by atoms with Gasteiger partial charge in [-0.15, -0.1) is 0 Å². The lowest BCUT2D eigenvalue weighted by atomic mass is 10.1. The van der Waals surface area contributed by atoms with Crippen molar-refractivity contribution in [1.82, 2.24) is 0 Å². The van der Waals surface area contributed by atoms with E-state index in [0.717, 1.165) is 12.1 Å². The van der Waals surface area contributed by atoms with Crippen LogP contribution in [0.15, 0.2) is 22.7 Å². The van der Waals surface area contributed by atoms with Crippen LogP contribution in [0.3, 0.4) is 0 Å². The molecule has 0 bridgehead atoms. The first kappa shape index (κ1) is 10.5. The van der Waals surface area contributed by atoms with Crippen LogP contribution >= 0.6 is 15.9 Å². The average molecular weight is 255 g/mol. The lowest BCUT2D eigenvalue weighted by Crippen LogP contribution is -2.09. The molecule has 0 heterocycles. The summed E-state index contributed by atoms with van der Waals surface area (Å²) in [6, 6.07) is 3.54. The van der Waals surface area contributed by atoms with E-state index in [1.165, 1.54) is 6.07 Å². The van der Waals surface area contributed by atoms with Crippen molar-refractivity contribution in [2.24, 2.45) is 0 Å². The second-order valence-electron chi connectivity index (χ2n) is 2.45. The Morgan fingerprint density at radius 1 is 1.31 bits per heavy atom. The minimum atomic E-state index is -2.98. The Morgan fingerprint density at radius 3 is 2.38 bits per heavy atom. The van der Waals surface area contributed by atoms with Crippen molar-refractivity contribution in [3.63, 3.8) is 0 Å². The number of benzene rings is 1. The fourth-order valence-corrected chi connectivity index (χ4v) is 1.21. The van der Waals surface area contributed by atoms with Crippen LogP contribution in [0, 0.1) is 5.82 Å². The van der Waals surface area contributed by atoms with Crippen molar-refractivity contribution >= 4 is 15.9 Å². The Kier molecular flexibility index (Phi) is 3.33. The van der Waals surface area contributed by atoms with Crippen LogP contribution in [0.1, 0.15) is 11.7 Å². The molecule has 1 aromatic carbocycles. The highest BCUT2D eigenvalue weighted by Crippen LogP contribution is 2.25. The van der Waals surface area contributed by atoms with Gasteiger partial charge >= 0.3 is 0 Å². The van der Waals surface area contributed by atoms with E-state index < -0.39 is 23.9 Å². The van der Waals surface area contributed by atoms with E-state index in [4.69, 9.17) is 5.11 Å². The molecule has 0 aromatic heterocycles. The molecule has 0 aliphatic carbocycles. The molecule has 0 spiro atoms. The van der Waals surface area contributed by atoms with Crippen LogP contribution in [0.5, 0.6) is 0 Å². The molecule has 0 saturated heterocycles. The summed E-state index contributed by atoms with van der Waals surface area (Å²) in [6.45, 7) is 0. The molecule has 1 unspecified atom stereocenters. The van der Waals surface area contributed by atoms with Gasteiger partial charge in [-0.1, -0.05) is 22.0 Å². The number of rotatable bonds is 2. The number of aliphatic hydroxyl groups excluding tert-OH is 1. The first-order valence-corrected chi connectivity index (χ1v) is 4.23. The molecule has 0 amide bonds. The van der Waals surface area contributed by atoms with Crippen LogP contribution in [-0.2, 0) is 0 Å². The van der Waals surface area contributed by atoms with Crippen LogP contribution in [0.4, 0.5) is 13.2 Å². The van der Waals surface area contributed by atoms with E-state index in [2.05, 4.69) is 15.9 Å². The van der Waals surface area contributed by atoms with Crippen LogP contribution < -0.4 is 0 Å². The molecule has 0 aliphatic heterocycles. The second-order valence-corrected chi connectivity index (χ2v) is 3.36. The van der Waals surface area contributed by atoms with Crippen LogP contribution in [0.25, 0.3) is 0 Å². The fourth-order valence-electron chi connectivity index (χ4n) is 0.877. The molecule has 1 aromatic rings. The topological polar surface area (TPSA) is 20.2 Å². The Hall–Kier alpha value is -0.550. The molecular weight excluding hydrogens is 249 g/mol. The van der Waals surface area contributed by atoms with Crippen molar-refractivity contribution in [2.45, 2.75) is 12.5 Å². The molecule has 0 radical (unpaired) electrons. The standard InChI is InChI=1S/C8H6BrF3O/c9-4-1-2-5(6(10)3-4)7(13)8(11)12/h1-3,7-8,13H. The number of halogens is 4. The van der Waals surface area contributed by atoms with Gasteiger partial charge in [0.15, 0.2) is 0 Å². The molecule has 0 fully saturated rings.